The van der Waals surface area contributed by atoms with Gasteiger partial charge < -0.3 is 4.74 Å². The van der Waals surface area contributed by atoms with Crippen LogP contribution >= 0.6 is 0 Å². The highest BCUT2D eigenvalue weighted by molar-refractivity contribution is 5.28. The van der Waals surface area contributed by atoms with Gasteiger partial charge in [-0.1, -0.05) is 26.0 Å². The van der Waals surface area contributed by atoms with Gasteiger partial charge in [-0.05, 0) is 23.6 Å². The van der Waals surface area contributed by atoms with Gasteiger partial charge in [-0.2, -0.15) is 13.2 Å². The molecule has 0 saturated carbocycles. The number of halogens is 3. The maximum absolute atomic E-state index is 11.8. The van der Waals surface area contributed by atoms with Crippen LogP contribution in [0.15, 0.2) is 24.3 Å². The highest BCUT2D eigenvalue weighted by Crippen LogP contribution is 2.21. The Hall–Kier alpha value is -1.19. The number of benzene rings is 1. The van der Waals surface area contributed by atoms with Crippen molar-refractivity contribution in [3.63, 3.8) is 0 Å². The Bertz CT molecular complexity index is 301. The molecule has 0 N–H and O–H groups in total. The normalized spacial score (nSPS) is 11.9. The smallest absolute Gasteiger partial charge is 0.422 e. The molecule has 0 fully saturated rings. The molecule has 0 bridgehead atoms. The molecule has 1 rings (SSSR count). The summed E-state index contributed by atoms with van der Waals surface area (Å²) in [5, 5.41) is 0. The molecule has 0 radical (unpaired) electrons. The lowest BCUT2D eigenvalue weighted by Crippen LogP contribution is -2.19. The molecule has 0 saturated heterocycles. The van der Waals surface area contributed by atoms with Crippen molar-refractivity contribution < 1.29 is 17.9 Å². The first-order valence-corrected chi connectivity index (χ1v) is 4.68. The van der Waals surface area contributed by atoms with E-state index >= 15 is 0 Å². The average molecular weight is 218 g/mol. The third-order valence-electron chi connectivity index (χ3n) is 1.95. The molecule has 1 nitrogen and oxygen atoms in total. The van der Waals surface area contributed by atoms with Crippen LogP contribution in [0.5, 0.6) is 5.75 Å². The zero-order valence-corrected chi connectivity index (χ0v) is 8.64. The van der Waals surface area contributed by atoms with Crippen LogP contribution in [0.1, 0.15) is 25.3 Å². The van der Waals surface area contributed by atoms with Crippen molar-refractivity contribution in [2.24, 2.45) is 0 Å². The Kier molecular flexibility index (Phi) is 3.61. The van der Waals surface area contributed by atoms with E-state index in [0.717, 1.165) is 5.56 Å². The molecule has 0 atom stereocenters. The average Bonchev–Trinajstić information content (AvgIpc) is 2.14. The number of hydrogen-bond acceptors (Lipinski definition) is 1. The Balaban J connectivity index is 2.57. The van der Waals surface area contributed by atoms with Gasteiger partial charge in [-0.15, -0.1) is 0 Å². The van der Waals surface area contributed by atoms with Crippen LogP contribution in [-0.4, -0.2) is 12.8 Å². The van der Waals surface area contributed by atoms with E-state index in [9.17, 15) is 13.2 Å². The van der Waals surface area contributed by atoms with E-state index in [1.807, 2.05) is 13.8 Å². The van der Waals surface area contributed by atoms with Gasteiger partial charge in [0.15, 0.2) is 6.61 Å². The Labute approximate surface area is 86.9 Å². The maximum Gasteiger partial charge on any atom is 0.422 e. The third-order valence-corrected chi connectivity index (χ3v) is 1.95. The fourth-order valence-corrected chi connectivity index (χ4v) is 1.11. The van der Waals surface area contributed by atoms with Gasteiger partial charge in [0.2, 0.25) is 0 Å². The van der Waals surface area contributed by atoms with Gasteiger partial charge in [-0.3, -0.25) is 0 Å². The van der Waals surface area contributed by atoms with Gasteiger partial charge in [0.1, 0.15) is 5.75 Å². The summed E-state index contributed by atoms with van der Waals surface area (Å²) in [6.07, 6.45) is -4.28. The van der Waals surface area contributed by atoms with E-state index in [1.165, 1.54) is 0 Å². The van der Waals surface area contributed by atoms with Gasteiger partial charge in [0, 0.05) is 0 Å². The van der Waals surface area contributed by atoms with Gasteiger partial charge in [0.25, 0.3) is 0 Å². The summed E-state index contributed by atoms with van der Waals surface area (Å²) in [5.74, 6) is 0.610. The van der Waals surface area contributed by atoms with E-state index in [4.69, 9.17) is 0 Å². The lowest BCUT2D eigenvalue weighted by Gasteiger charge is -2.10. The largest absolute Gasteiger partial charge is 0.484 e. The van der Waals surface area contributed by atoms with Gasteiger partial charge in [0.05, 0.1) is 0 Å². The van der Waals surface area contributed by atoms with Crippen LogP contribution in [0.4, 0.5) is 13.2 Å². The predicted molar refractivity (Wildman–Crippen MR) is 52.1 cm³/mol. The lowest BCUT2D eigenvalue weighted by atomic mass is 10.0. The van der Waals surface area contributed by atoms with Crippen molar-refractivity contribution in [3.8, 4) is 5.75 Å². The first kappa shape index (κ1) is 11.9. The molecule has 0 heterocycles. The standard InChI is InChI=1S/C11H13F3O/c1-8(2)9-3-5-10(6-4-9)15-7-11(12,13)14/h3-6,8H,7H2,1-2H3. The van der Waals surface area contributed by atoms with Crippen LogP contribution in [-0.2, 0) is 0 Å². The predicted octanol–water partition coefficient (Wildman–Crippen LogP) is 3.75. The minimum absolute atomic E-state index is 0.247. The molecule has 0 amide bonds. The molecule has 1 aromatic rings. The summed E-state index contributed by atoms with van der Waals surface area (Å²) in [5.41, 5.74) is 1.08. The van der Waals surface area contributed by atoms with Crippen molar-refractivity contribution in [3.05, 3.63) is 29.8 Å². The summed E-state index contributed by atoms with van der Waals surface area (Å²) < 4.78 is 40.1. The zero-order valence-electron chi connectivity index (χ0n) is 8.64. The lowest BCUT2D eigenvalue weighted by molar-refractivity contribution is -0.153. The molecule has 15 heavy (non-hydrogen) atoms. The van der Waals surface area contributed by atoms with Crippen molar-refractivity contribution in [2.45, 2.75) is 25.9 Å². The number of hydrogen-bond donors (Lipinski definition) is 0. The summed E-state index contributed by atoms with van der Waals surface area (Å²) in [6, 6.07) is 6.66. The van der Waals surface area contributed by atoms with Gasteiger partial charge in [-0.25, -0.2) is 0 Å². The quantitative estimate of drug-likeness (QED) is 0.750. The molecule has 0 unspecified atom stereocenters. The molecule has 0 aliphatic heterocycles. The molecular formula is C11H13F3O. The van der Waals surface area contributed by atoms with Crippen LogP contribution < -0.4 is 4.74 Å². The Morgan fingerprint density at radius 2 is 1.67 bits per heavy atom. The van der Waals surface area contributed by atoms with Crippen LogP contribution in [0.3, 0.4) is 0 Å². The molecule has 4 heteroatoms. The third kappa shape index (κ3) is 4.23. The fraction of sp³-hybridized carbons (Fsp3) is 0.455. The molecular weight excluding hydrogens is 205 g/mol. The van der Waals surface area contributed by atoms with Crippen LogP contribution in [0.25, 0.3) is 0 Å². The molecule has 0 aliphatic rings. The van der Waals surface area contributed by atoms with Crippen molar-refractivity contribution in [1.82, 2.24) is 0 Å². The van der Waals surface area contributed by atoms with Gasteiger partial charge >= 0.3 is 6.18 Å². The minimum Gasteiger partial charge on any atom is -0.484 e. The first-order valence-electron chi connectivity index (χ1n) is 4.68. The van der Waals surface area contributed by atoms with E-state index < -0.39 is 12.8 Å². The van der Waals surface area contributed by atoms with Crippen molar-refractivity contribution in [2.75, 3.05) is 6.61 Å². The maximum atomic E-state index is 11.8. The second-order valence-electron chi connectivity index (χ2n) is 3.63. The summed E-state index contributed by atoms with van der Waals surface area (Å²) in [6.45, 7) is 2.80. The molecule has 0 spiro atoms. The monoisotopic (exact) mass is 218 g/mol. The second-order valence-corrected chi connectivity index (χ2v) is 3.63. The topological polar surface area (TPSA) is 9.23 Å². The van der Waals surface area contributed by atoms with Crippen molar-refractivity contribution in [1.29, 1.82) is 0 Å². The molecule has 84 valence electrons. The Morgan fingerprint density at radius 3 is 2.07 bits per heavy atom. The minimum atomic E-state index is -4.28. The van der Waals surface area contributed by atoms with E-state index in [1.54, 1.807) is 24.3 Å². The highest BCUT2D eigenvalue weighted by Gasteiger charge is 2.28. The molecule has 0 aromatic heterocycles. The zero-order chi connectivity index (χ0) is 11.5. The van der Waals surface area contributed by atoms with Crippen molar-refractivity contribution >= 4 is 0 Å². The second kappa shape index (κ2) is 4.55. The summed E-state index contributed by atoms with van der Waals surface area (Å²) in [7, 11) is 0. The van der Waals surface area contributed by atoms with Crippen LogP contribution in [0.2, 0.25) is 0 Å². The SMILES string of the molecule is CC(C)c1ccc(OCC(F)(F)F)cc1. The Morgan fingerprint density at radius 1 is 1.13 bits per heavy atom. The number of ether oxygens (including phenoxy) is 1. The molecule has 1 aromatic carbocycles. The van der Waals surface area contributed by atoms with E-state index in [0.29, 0.717) is 5.92 Å². The van der Waals surface area contributed by atoms with E-state index in [-0.39, 0.29) is 5.75 Å². The first-order chi connectivity index (χ1) is 6.88. The fourth-order valence-electron chi connectivity index (χ4n) is 1.11. The molecule has 0 aliphatic carbocycles. The number of rotatable bonds is 3. The van der Waals surface area contributed by atoms with Crippen LogP contribution in [0, 0.1) is 0 Å². The highest BCUT2D eigenvalue weighted by atomic mass is 19.4. The number of alkyl halides is 3. The summed E-state index contributed by atoms with van der Waals surface area (Å²) >= 11 is 0. The van der Waals surface area contributed by atoms with E-state index in [2.05, 4.69) is 4.74 Å². The summed E-state index contributed by atoms with van der Waals surface area (Å²) in [4.78, 5) is 0.